The predicted molar refractivity (Wildman–Crippen MR) is 63.3 cm³/mol. The number of carbonyl (C=O) groups excluding carboxylic acids is 2. The van der Waals surface area contributed by atoms with Crippen LogP contribution in [0.2, 0.25) is 0 Å². The number of hydrogen-bond donors (Lipinski definition) is 0. The fraction of sp³-hybridized carbons (Fsp3) is 0.385. The van der Waals surface area contributed by atoms with E-state index < -0.39 is 5.97 Å². The highest BCUT2D eigenvalue weighted by molar-refractivity contribution is 5.93. The fourth-order valence-electron chi connectivity index (χ4n) is 1.50. The largest absolute Gasteiger partial charge is 0.497 e. The second-order valence-corrected chi connectivity index (χ2v) is 3.62. The highest BCUT2D eigenvalue weighted by atomic mass is 16.5. The van der Waals surface area contributed by atoms with Crippen LogP contribution in [-0.4, -0.2) is 25.5 Å². The minimum Gasteiger partial charge on any atom is -0.497 e. The van der Waals surface area contributed by atoms with Gasteiger partial charge in [0.15, 0.2) is 0 Å². The molecule has 1 aromatic rings. The normalized spacial score (nSPS) is 9.82. The molecular weight excluding hydrogens is 220 g/mol. The molecule has 0 amide bonds. The van der Waals surface area contributed by atoms with Gasteiger partial charge in [0.05, 0.1) is 19.3 Å². The molecule has 0 aliphatic carbocycles. The molecule has 17 heavy (non-hydrogen) atoms. The molecule has 0 aromatic heterocycles. The smallest absolute Gasteiger partial charge is 0.338 e. The highest BCUT2D eigenvalue weighted by Crippen LogP contribution is 2.19. The average Bonchev–Trinajstić information content (AvgIpc) is 2.29. The Morgan fingerprint density at radius 3 is 2.53 bits per heavy atom. The van der Waals surface area contributed by atoms with Gasteiger partial charge in [0, 0.05) is 6.42 Å². The van der Waals surface area contributed by atoms with E-state index >= 15 is 0 Å². The first kappa shape index (κ1) is 13.2. The first-order valence-electron chi connectivity index (χ1n) is 5.42. The van der Waals surface area contributed by atoms with E-state index in [2.05, 4.69) is 0 Å². The van der Waals surface area contributed by atoms with Gasteiger partial charge in [-0.25, -0.2) is 4.79 Å². The van der Waals surface area contributed by atoms with E-state index in [1.54, 1.807) is 25.1 Å². The molecule has 0 bridgehead atoms. The molecule has 0 atom stereocenters. The van der Waals surface area contributed by atoms with Crippen molar-refractivity contribution in [3.05, 3.63) is 29.3 Å². The summed E-state index contributed by atoms with van der Waals surface area (Å²) in [7, 11) is 1.52. The number of esters is 1. The summed E-state index contributed by atoms with van der Waals surface area (Å²) in [5.41, 5.74) is 1.05. The monoisotopic (exact) mass is 236 g/mol. The number of ketones is 1. The fourth-order valence-corrected chi connectivity index (χ4v) is 1.50. The SMILES string of the molecule is CCOC(=O)c1cc(OC)ccc1CC(C)=O. The van der Waals surface area contributed by atoms with Crippen molar-refractivity contribution < 1.29 is 19.1 Å². The quantitative estimate of drug-likeness (QED) is 0.734. The number of Topliss-reactive ketones (excluding diaryl/α,β-unsaturated/α-hetero) is 1. The van der Waals surface area contributed by atoms with Crippen LogP contribution in [0.4, 0.5) is 0 Å². The standard InChI is InChI=1S/C13H16O4/c1-4-17-13(15)12-8-11(16-3)6-5-10(12)7-9(2)14/h5-6,8H,4,7H2,1-3H3. The summed E-state index contributed by atoms with van der Waals surface area (Å²) in [6, 6.07) is 5.03. The molecule has 0 spiro atoms. The maximum Gasteiger partial charge on any atom is 0.338 e. The van der Waals surface area contributed by atoms with Gasteiger partial charge in [-0.1, -0.05) is 6.07 Å². The molecule has 4 nitrogen and oxygen atoms in total. The van der Waals surface area contributed by atoms with Gasteiger partial charge in [-0.05, 0) is 31.5 Å². The molecule has 0 N–H and O–H groups in total. The number of rotatable bonds is 5. The summed E-state index contributed by atoms with van der Waals surface area (Å²) >= 11 is 0. The van der Waals surface area contributed by atoms with Crippen LogP contribution >= 0.6 is 0 Å². The van der Waals surface area contributed by atoms with E-state index in [0.29, 0.717) is 23.5 Å². The predicted octanol–water partition coefficient (Wildman–Crippen LogP) is 2.00. The van der Waals surface area contributed by atoms with Crippen molar-refractivity contribution in [3.8, 4) is 5.75 Å². The Bertz CT molecular complexity index is 423. The molecule has 1 aromatic carbocycles. The van der Waals surface area contributed by atoms with Gasteiger partial charge in [-0.3, -0.25) is 4.79 Å². The lowest BCUT2D eigenvalue weighted by atomic mass is 10.0. The van der Waals surface area contributed by atoms with Crippen molar-refractivity contribution in [2.45, 2.75) is 20.3 Å². The van der Waals surface area contributed by atoms with Crippen molar-refractivity contribution in [2.75, 3.05) is 13.7 Å². The van der Waals surface area contributed by atoms with Crippen LogP contribution in [0.5, 0.6) is 5.75 Å². The van der Waals surface area contributed by atoms with E-state index in [0.717, 1.165) is 0 Å². The maximum absolute atomic E-state index is 11.7. The average molecular weight is 236 g/mol. The number of carbonyl (C=O) groups is 2. The number of methoxy groups -OCH3 is 1. The molecule has 0 fully saturated rings. The lowest BCUT2D eigenvalue weighted by molar-refractivity contribution is -0.116. The second-order valence-electron chi connectivity index (χ2n) is 3.62. The minimum atomic E-state index is -0.428. The Hall–Kier alpha value is -1.84. The van der Waals surface area contributed by atoms with Crippen LogP contribution in [0.1, 0.15) is 29.8 Å². The highest BCUT2D eigenvalue weighted by Gasteiger charge is 2.14. The molecule has 1 rings (SSSR count). The Balaban J connectivity index is 3.10. The zero-order valence-corrected chi connectivity index (χ0v) is 10.3. The van der Waals surface area contributed by atoms with Crippen molar-refractivity contribution in [3.63, 3.8) is 0 Å². The van der Waals surface area contributed by atoms with Gasteiger partial charge in [0.2, 0.25) is 0 Å². The van der Waals surface area contributed by atoms with Gasteiger partial charge in [0.1, 0.15) is 11.5 Å². The van der Waals surface area contributed by atoms with E-state index in [1.165, 1.54) is 14.0 Å². The third-order valence-electron chi connectivity index (χ3n) is 2.25. The number of hydrogen-bond acceptors (Lipinski definition) is 4. The third kappa shape index (κ3) is 3.59. The molecule has 0 radical (unpaired) electrons. The van der Waals surface area contributed by atoms with Crippen LogP contribution < -0.4 is 4.74 Å². The first-order valence-corrected chi connectivity index (χ1v) is 5.42. The lowest BCUT2D eigenvalue weighted by Gasteiger charge is -2.09. The Morgan fingerprint density at radius 1 is 1.29 bits per heavy atom. The van der Waals surface area contributed by atoms with Crippen molar-refractivity contribution >= 4 is 11.8 Å². The number of benzene rings is 1. The van der Waals surface area contributed by atoms with Crippen LogP contribution in [0.3, 0.4) is 0 Å². The van der Waals surface area contributed by atoms with Crippen molar-refractivity contribution in [1.82, 2.24) is 0 Å². The summed E-state index contributed by atoms with van der Waals surface area (Å²) in [5.74, 6) is 0.142. The minimum absolute atomic E-state index is 0.000662. The summed E-state index contributed by atoms with van der Waals surface area (Å²) < 4.78 is 9.99. The summed E-state index contributed by atoms with van der Waals surface area (Å²) in [4.78, 5) is 22.8. The molecule has 92 valence electrons. The molecular formula is C13H16O4. The van der Waals surface area contributed by atoms with Gasteiger partial charge in [-0.15, -0.1) is 0 Å². The zero-order chi connectivity index (χ0) is 12.8. The molecule has 4 heteroatoms. The molecule has 0 saturated carbocycles. The molecule has 0 aliphatic rings. The Kier molecular flexibility index (Phi) is 4.69. The number of ether oxygens (including phenoxy) is 2. The van der Waals surface area contributed by atoms with E-state index in [4.69, 9.17) is 9.47 Å². The van der Waals surface area contributed by atoms with Crippen LogP contribution in [0, 0.1) is 0 Å². The van der Waals surface area contributed by atoms with Crippen LogP contribution in [-0.2, 0) is 16.0 Å². The summed E-state index contributed by atoms with van der Waals surface area (Å²) in [6.07, 6.45) is 0.220. The van der Waals surface area contributed by atoms with E-state index in [9.17, 15) is 9.59 Å². The van der Waals surface area contributed by atoms with E-state index in [1.807, 2.05) is 0 Å². The Morgan fingerprint density at radius 2 is 2.00 bits per heavy atom. The van der Waals surface area contributed by atoms with Gasteiger partial charge in [0.25, 0.3) is 0 Å². The molecule has 0 aliphatic heterocycles. The Labute approximate surface area is 101 Å². The summed E-state index contributed by atoms with van der Waals surface area (Å²) in [6.45, 7) is 3.53. The lowest BCUT2D eigenvalue weighted by Crippen LogP contribution is -2.10. The third-order valence-corrected chi connectivity index (χ3v) is 2.25. The van der Waals surface area contributed by atoms with E-state index in [-0.39, 0.29) is 12.2 Å². The first-order chi connectivity index (χ1) is 8.08. The van der Waals surface area contributed by atoms with Gasteiger partial charge in [-0.2, -0.15) is 0 Å². The van der Waals surface area contributed by atoms with Crippen LogP contribution in [0.25, 0.3) is 0 Å². The van der Waals surface area contributed by atoms with Crippen molar-refractivity contribution in [2.24, 2.45) is 0 Å². The molecule has 0 unspecified atom stereocenters. The molecule has 0 saturated heterocycles. The van der Waals surface area contributed by atoms with Crippen LogP contribution in [0.15, 0.2) is 18.2 Å². The topological polar surface area (TPSA) is 52.6 Å². The zero-order valence-electron chi connectivity index (χ0n) is 10.3. The van der Waals surface area contributed by atoms with Crippen molar-refractivity contribution in [1.29, 1.82) is 0 Å². The summed E-state index contributed by atoms with van der Waals surface area (Å²) in [5, 5.41) is 0. The van der Waals surface area contributed by atoms with Gasteiger partial charge >= 0.3 is 5.97 Å². The second kappa shape index (κ2) is 6.03. The maximum atomic E-state index is 11.7. The van der Waals surface area contributed by atoms with Gasteiger partial charge < -0.3 is 9.47 Å². The molecule has 0 heterocycles.